The molecule has 2 fully saturated rings. The van der Waals surface area contributed by atoms with Crippen molar-refractivity contribution in [3.05, 3.63) is 290 Å². The summed E-state index contributed by atoms with van der Waals surface area (Å²) in [6, 6.07) is 43.0. The predicted octanol–water partition coefficient (Wildman–Crippen LogP) is 18.8. The summed E-state index contributed by atoms with van der Waals surface area (Å²) >= 11 is 7.78. The van der Waals surface area contributed by atoms with E-state index >= 15 is 0 Å². The first-order chi connectivity index (χ1) is 68.1. The van der Waals surface area contributed by atoms with Crippen LogP contribution in [0.15, 0.2) is 221 Å². The number of hydrogen-bond acceptors (Lipinski definition) is 24. The topological polar surface area (TPSA) is 305 Å². The van der Waals surface area contributed by atoms with Crippen LogP contribution in [0.4, 0.5) is 0 Å². The van der Waals surface area contributed by atoms with E-state index in [-0.39, 0.29) is 62.5 Å². The Kier molecular flexibility index (Phi) is 34.5. The fraction of sp³-hybridized carbons (Fsp3) is 0.414. The molecular weight excluding hydrogens is 1890 g/mol. The van der Waals surface area contributed by atoms with Gasteiger partial charge in [0.2, 0.25) is 0 Å². The van der Waals surface area contributed by atoms with Gasteiger partial charge in [-0.2, -0.15) is 0 Å². The van der Waals surface area contributed by atoms with Gasteiger partial charge in [0.15, 0.2) is 32.4 Å². The molecular formula is C111H129N11O15S5. The van der Waals surface area contributed by atoms with Crippen LogP contribution in [0.1, 0.15) is 171 Å². The molecule has 5 aromatic heterocycles. The monoisotopic (exact) mass is 2020 g/mol. The van der Waals surface area contributed by atoms with Crippen molar-refractivity contribution in [1.29, 1.82) is 0 Å². The molecule has 6 aliphatic carbocycles. The van der Waals surface area contributed by atoms with Gasteiger partial charge in [-0.3, -0.25) is 51.6 Å². The van der Waals surface area contributed by atoms with Gasteiger partial charge in [-0.25, -0.2) is 34.5 Å². The number of allylic oxidation sites excluding steroid dienone is 3. The lowest BCUT2D eigenvalue weighted by molar-refractivity contribution is -0.139. The number of hydrogen-bond donors (Lipinski definition) is 1. The highest BCUT2D eigenvalue weighted by Crippen LogP contribution is 2.51. The molecule has 748 valence electrons. The van der Waals surface area contributed by atoms with Crippen molar-refractivity contribution in [3.8, 4) is 67.8 Å². The number of methoxy groups -OCH3 is 5. The van der Waals surface area contributed by atoms with Gasteiger partial charge < -0.3 is 38.4 Å². The highest BCUT2D eigenvalue weighted by Gasteiger charge is 2.47. The Hall–Kier alpha value is -11.4. The normalized spacial score (nSPS) is 15.3. The fourth-order valence-electron chi connectivity index (χ4n) is 20.0. The zero-order chi connectivity index (χ0) is 102. The van der Waals surface area contributed by atoms with Crippen molar-refractivity contribution in [2.75, 3.05) is 104 Å². The maximum atomic E-state index is 14.1. The molecule has 26 nitrogen and oxygen atoms in total. The molecule has 1 saturated heterocycles. The van der Waals surface area contributed by atoms with E-state index in [1.54, 1.807) is 101 Å². The Morgan fingerprint density at radius 3 is 1.30 bits per heavy atom. The molecule has 31 heteroatoms. The Balaban J connectivity index is 0.000000142. The van der Waals surface area contributed by atoms with E-state index in [1.807, 2.05) is 130 Å². The number of carbonyl (C=O) groups is 3. The number of amides is 1. The van der Waals surface area contributed by atoms with Crippen molar-refractivity contribution in [3.63, 3.8) is 0 Å². The number of nitrogens with zero attached hydrogens (tertiary/aromatic N) is 11. The minimum atomic E-state index is -1.02. The second-order valence-corrected chi connectivity index (χ2v) is 44.5. The molecule has 18 rings (SSSR count). The summed E-state index contributed by atoms with van der Waals surface area (Å²) in [6.45, 7) is 36.9. The van der Waals surface area contributed by atoms with Gasteiger partial charge in [0.05, 0.1) is 73.6 Å². The van der Waals surface area contributed by atoms with Crippen LogP contribution in [0.3, 0.4) is 0 Å². The van der Waals surface area contributed by atoms with Crippen molar-refractivity contribution in [2.24, 2.45) is 13.0 Å². The van der Waals surface area contributed by atoms with Gasteiger partial charge in [0.1, 0.15) is 11.5 Å². The zero-order valence-electron chi connectivity index (χ0n) is 84.2. The molecule has 1 aliphatic heterocycles. The molecule has 0 unspecified atom stereocenters. The number of piperidine rings is 1. The molecule has 0 bridgehead atoms. The molecule has 1 spiro atoms. The van der Waals surface area contributed by atoms with E-state index in [2.05, 4.69) is 96.8 Å². The Morgan fingerprint density at radius 2 is 0.824 bits per heavy atom. The number of carboxylic acids is 1. The molecule has 0 radical (unpaired) electrons. The quantitative estimate of drug-likeness (QED) is 0.0144. The van der Waals surface area contributed by atoms with Gasteiger partial charge in [-0.1, -0.05) is 225 Å². The van der Waals surface area contributed by atoms with Crippen LogP contribution in [-0.4, -0.2) is 179 Å². The largest absolute Gasteiger partial charge is 0.497 e. The van der Waals surface area contributed by atoms with E-state index < -0.39 is 16.8 Å². The molecule has 6 aromatic carbocycles. The lowest BCUT2D eigenvalue weighted by Gasteiger charge is -2.45. The minimum Gasteiger partial charge on any atom is -0.497 e. The minimum absolute atomic E-state index is 0.0113. The van der Waals surface area contributed by atoms with E-state index in [9.17, 15) is 38.4 Å². The second-order valence-electron chi connectivity index (χ2n) is 38.9. The number of esters is 1. The number of rotatable bonds is 30. The summed E-state index contributed by atoms with van der Waals surface area (Å²) in [5.41, 5.74) is 18.2. The van der Waals surface area contributed by atoms with E-state index in [0.29, 0.717) is 138 Å². The average molecular weight is 2020 g/mol. The molecule has 1 amide bonds. The van der Waals surface area contributed by atoms with Crippen molar-refractivity contribution >= 4 is 76.7 Å². The molecule has 1 saturated carbocycles. The van der Waals surface area contributed by atoms with Gasteiger partial charge >= 0.3 is 11.9 Å². The Morgan fingerprint density at radius 1 is 0.430 bits per heavy atom. The number of carbonyl (C=O) groups excluding carboxylic acids is 2. The van der Waals surface area contributed by atoms with Crippen molar-refractivity contribution < 1.29 is 47.9 Å². The maximum absolute atomic E-state index is 14.1. The highest BCUT2D eigenvalue weighted by molar-refractivity contribution is 8.00. The standard InChI is InChI=1S/C29H31N3O3S.C22H26N2O4S.C21H24N2O4S.C21H26N2O2S.C18H22N2O2S/c1-3-15-32-27(34)24-25(30-28(32)36-19-18-35-2)23-12-8-7-11-22(23)20-29(24)13-16-31(17-14-29)26(33)21-9-5-4-6-10-21;1-6-9-24-19(25)17-18(23-21(24)29-11-10-27-4)16-8-7-14(20(26)28-5)12-15(16)13-22(17,2)3;1-5-9-23-19(26)17-18(22-20(23)28-6-2)15-8-7-14(27-12-16(24)25)10-13(15)11-21(17,3)4;1-21(2)12-15-6-4-5-7-16(15)18-17(21)19(24)23(13-14-8-9-14)20(22-18)26-11-10-25-3;1-6-23-17-19-15-13-9-12(22-5)8-7-11(13)10-18(2,3)14(15)16(21)20(17)4/h3-12H,1,13-20H2,2H3;6-8,12H,1,9-11,13H2,2-5H3;5,7-8,10H,1,6,9,11-12H2,2-4H3,(H,24,25);4-7,14H,8-13H2,1-3H3;7-9H,6,10H2,1-5H3. The number of aromatic nitrogens is 10. The lowest BCUT2D eigenvalue weighted by atomic mass is 9.64. The third-order valence-corrected chi connectivity index (χ3v) is 31.5. The lowest BCUT2D eigenvalue weighted by Crippen LogP contribution is -2.50. The predicted molar refractivity (Wildman–Crippen MR) is 569 cm³/mol. The third kappa shape index (κ3) is 22.9. The van der Waals surface area contributed by atoms with Crippen LogP contribution in [0.2, 0.25) is 0 Å². The summed E-state index contributed by atoms with van der Waals surface area (Å²) in [6.07, 6.45) is 12.9. The van der Waals surface area contributed by atoms with Crippen LogP contribution < -0.4 is 37.3 Å². The van der Waals surface area contributed by atoms with Crippen LogP contribution in [-0.2, 0) is 116 Å². The molecule has 1 N–H and O–H groups in total. The third-order valence-electron chi connectivity index (χ3n) is 26.9. The summed E-state index contributed by atoms with van der Waals surface area (Å²) in [5, 5.41) is 12.5. The summed E-state index contributed by atoms with van der Waals surface area (Å²) in [5.74, 6) is 4.48. The zero-order valence-corrected chi connectivity index (χ0v) is 88.3. The van der Waals surface area contributed by atoms with Crippen LogP contribution >= 0.6 is 58.8 Å². The molecule has 142 heavy (non-hydrogen) atoms. The van der Waals surface area contributed by atoms with E-state index in [1.165, 1.54) is 71.9 Å². The van der Waals surface area contributed by atoms with Crippen molar-refractivity contribution in [1.82, 2.24) is 52.7 Å². The number of aliphatic carboxylic acids is 1. The number of fused-ring (bicyclic) bond motifs is 16. The number of ether oxygens (including phenoxy) is 6. The SMILES string of the molecule is C=CCn1c(SCC)nc2c(c1=O)C(C)(C)Cc1cc(OCC(=O)O)ccc1-2.C=CCn1c(SCCOC)nc2c(c1=O)C(C)(C)Cc1cc(C(=O)OC)ccc1-2.C=CCn1c(SCCOC)nc2c(c1=O)C1(CCN(C(=O)c3ccccc3)CC1)Cc1ccccc1-2.CCSc1nc2c(c(=O)n1C)C(C)(C)Cc1ccc(OC)cc1-2.COCCSc1nc2c(c(=O)n1CC1CC1)C(C)(C)Cc1ccccc1-2. The molecule has 11 aromatic rings. The van der Waals surface area contributed by atoms with Crippen LogP contribution in [0, 0.1) is 5.92 Å². The highest BCUT2D eigenvalue weighted by atomic mass is 32.2. The molecule has 6 heterocycles. The number of benzene rings is 6. The number of thioether (sulfide) groups is 5. The average Bonchev–Trinajstić information content (AvgIpc) is 1.22. The van der Waals surface area contributed by atoms with E-state index in [4.69, 9.17) is 58.4 Å². The summed E-state index contributed by atoms with van der Waals surface area (Å²) in [7, 11) is 9.86. The van der Waals surface area contributed by atoms with Gasteiger partial charge in [0, 0.05) is 168 Å². The summed E-state index contributed by atoms with van der Waals surface area (Å²) in [4.78, 5) is 130. The first-order valence-electron chi connectivity index (χ1n) is 48.1. The number of carboxylic acid groups (broad SMARTS) is 1. The molecule has 7 aliphatic rings. The van der Waals surface area contributed by atoms with E-state index in [0.717, 1.165) is 145 Å². The Labute approximate surface area is 851 Å². The van der Waals surface area contributed by atoms with Gasteiger partial charge in [0.25, 0.3) is 33.7 Å². The fourth-order valence-corrected chi connectivity index (χ4v) is 24.1. The Bertz CT molecular complexity index is 6930. The summed E-state index contributed by atoms with van der Waals surface area (Å²) < 4.78 is 39.8. The van der Waals surface area contributed by atoms with Crippen molar-refractivity contribution in [2.45, 2.75) is 206 Å². The van der Waals surface area contributed by atoms with Gasteiger partial charge in [-0.15, -0.1) is 19.7 Å². The first kappa shape index (κ1) is 106. The van der Waals surface area contributed by atoms with Crippen LogP contribution in [0.5, 0.6) is 11.5 Å². The first-order valence-corrected chi connectivity index (χ1v) is 53.1. The molecule has 0 atom stereocenters. The second kappa shape index (κ2) is 46.1. The maximum Gasteiger partial charge on any atom is 0.341 e. The van der Waals surface area contributed by atoms with Crippen LogP contribution in [0.25, 0.3) is 56.3 Å². The smallest absolute Gasteiger partial charge is 0.341 e. The number of likely N-dealkylation sites (tertiary alicyclic amines) is 1. The van der Waals surface area contributed by atoms with Gasteiger partial charge in [-0.05, 0) is 158 Å².